The van der Waals surface area contributed by atoms with E-state index in [-0.39, 0.29) is 0 Å². The molecule has 0 N–H and O–H groups in total. The number of hydrogen-bond acceptors (Lipinski definition) is 3. The maximum atomic E-state index is 9.11. The lowest BCUT2D eigenvalue weighted by Gasteiger charge is -2.08. The number of rotatable bonds is 4. The Balaban J connectivity index is 1.69. The van der Waals surface area contributed by atoms with Crippen LogP contribution in [0.1, 0.15) is 28.2 Å². The minimum absolute atomic E-state index is 0.455. The van der Waals surface area contributed by atoms with Gasteiger partial charge in [-0.3, -0.25) is 4.68 Å². The lowest BCUT2D eigenvalue weighted by Crippen LogP contribution is -2.06. The van der Waals surface area contributed by atoms with Crippen molar-refractivity contribution in [1.82, 2.24) is 19.6 Å². The summed E-state index contributed by atoms with van der Waals surface area (Å²) in [6.07, 6.45) is 1.90. The molecule has 0 atom stereocenters. The third-order valence-electron chi connectivity index (χ3n) is 5.19. The lowest BCUT2D eigenvalue weighted by atomic mass is 10.0. The molecule has 0 aliphatic heterocycles. The van der Waals surface area contributed by atoms with Crippen molar-refractivity contribution in [2.75, 3.05) is 0 Å². The standard InChI is InChI=1S/C23H20ClN5/c1-15-23(18-9-10-19(12-25)22(24)11-18)17(3)28(27-15)14-20-13-26-29(16(20)2)21-7-5-4-6-8-21/h4-11,13H,14H2,1-3H3. The molecule has 0 aliphatic carbocycles. The Labute approximate surface area is 174 Å². The van der Waals surface area contributed by atoms with E-state index in [4.69, 9.17) is 22.0 Å². The molecule has 29 heavy (non-hydrogen) atoms. The van der Waals surface area contributed by atoms with Crippen molar-refractivity contribution in [2.24, 2.45) is 0 Å². The van der Waals surface area contributed by atoms with Crippen molar-refractivity contribution in [3.63, 3.8) is 0 Å². The molecule has 0 radical (unpaired) electrons. The van der Waals surface area contributed by atoms with E-state index in [0.29, 0.717) is 17.1 Å². The molecule has 2 aromatic carbocycles. The summed E-state index contributed by atoms with van der Waals surface area (Å²) in [7, 11) is 0. The van der Waals surface area contributed by atoms with Gasteiger partial charge in [-0.05, 0) is 50.6 Å². The summed E-state index contributed by atoms with van der Waals surface area (Å²) in [6, 6.07) is 17.7. The average molecular weight is 402 g/mol. The van der Waals surface area contributed by atoms with Gasteiger partial charge in [0.1, 0.15) is 6.07 Å². The molecule has 0 saturated heterocycles. The zero-order valence-electron chi connectivity index (χ0n) is 16.5. The van der Waals surface area contributed by atoms with Crippen molar-refractivity contribution >= 4 is 11.6 Å². The summed E-state index contributed by atoms with van der Waals surface area (Å²) in [5.74, 6) is 0. The third kappa shape index (κ3) is 3.43. The predicted molar refractivity (Wildman–Crippen MR) is 114 cm³/mol. The quantitative estimate of drug-likeness (QED) is 0.470. The topological polar surface area (TPSA) is 59.4 Å². The van der Waals surface area contributed by atoms with E-state index in [1.54, 1.807) is 6.07 Å². The van der Waals surface area contributed by atoms with Gasteiger partial charge in [0.05, 0.1) is 34.7 Å². The van der Waals surface area contributed by atoms with Gasteiger partial charge in [0.25, 0.3) is 0 Å². The average Bonchev–Trinajstić information content (AvgIpc) is 3.22. The summed E-state index contributed by atoms with van der Waals surface area (Å²) in [5.41, 5.74) is 7.71. The molecule has 0 fully saturated rings. The fourth-order valence-electron chi connectivity index (χ4n) is 3.62. The molecule has 2 heterocycles. The monoisotopic (exact) mass is 401 g/mol. The first-order chi connectivity index (χ1) is 14.0. The number of aromatic nitrogens is 4. The zero-order chi connectivity index (χ0) is 20.5. The molecule has 4 aromatic rings. The fraction of sp³-hybridized carbons (Fsp3) is 0.174. The van der Waals surface area contributed by atoms with Crippen molar-refractivity contribution in [1.29, 1.82) is 5.26 Å². The molecule has 0 amide bonds. The van der Waals surface area contributed by atoms with Crippen molar-refractivity contribution in [3.8, 4) is 22.9 Å². The first-order valence-corrected chi connectivity index (χ1v) is 9.70. The molecule has 5 nitrogen and oxygen atoms in total. The van der Waals surface area contributed by atoms with Gasteiger partial charge >= 0.3 is 0 Å². The Bertz CT molecular complexity index is 1230. The van der Waals surface area contributed by atoms with Crippen LogP contribution in [0.25, 0.3) is 16.8 Å². The van der Waals surface area contributed by atoms with Crippen LogP contribution in [-0.4, -0.2) is 19.6 Å². The number of aryl methyl sites for hydroxylation is 1. The van der Waals surface area contributed by atoms with E-state index in [9.17, 15) is 0 Å². The van der Waals surface area contributed by atoms with Crippen LogP contribution in [0.5, 0.6) is 0 Å². The number of halogens is 1. The highest BCUT2D eigenvalue weighted by molar-refractivity contribution is 6.32. The van der Waals surface area contributed by atoms with Crippen LogP contribution in [0.3, 0.4) is 0 Å². The van der Waals surface area contributed by atoms with Crippen LogP contribution >= 0.6 is 11.6 Å². The van der Waals surface area contributed by atoms with Gasteiger partial charge in [0.2, 0.25) is 0 Å². The molecular weight excluding hydrogens is 382 g/mol. The molecule has 6 heteroatoms. The van der Waals surface area contributed by atoms with Crippen LogP contribution < -0.4 is 0 Å². The molecule has 0 spiro atoms. The highest BCUT2D eigenvalue weighted by Gasteiger charge is 2.17. The van der Waals surface area contributed by atoms with E-state index in [0.717, 1.165) is 39.5 Å². The second kappa shape index (κ2) is 7.57. The Hall–Kier alpha value is -3.36. The van der Waals surface area contributed by atoms with E-state index >= 15 is 0 Å². The Morgan fingerprint density at radius 1 is 1.03 bits per heavy atom. The third-order valence-corrected chi connectivity index (χ3v) is 5.50. The lowest BCUT2D eigenvalue weighted by molar-refractivity contribution is 0.656. The molecule has 144 valence electrons. The SMILES string of the molecule is Cc1nn(Cc2cnn(-c3ccccc3)c2C)c(C)c1-c1ccc(C#N)c(Cl)c1. The van der Waals surface area contributed by atoms with Crippen molar-refractivity contribution in [3.05, 3.63) is 88.0 Å². The Morgan fingerprint density at radius 3 is 2.48 bits per heavy atom. The highest BCUT2D eigenvalue weighted by Crippen LogP contribution is 2.31. The van der Waals surface area contributed by atoms with Crippen LogP contribution in [0.4, 0.5) is 0 Å². The van der Waals surface area contributed by atoms with Gasteiger partial charge in [-0.2, -0.15) is 15.5 Å². The number of benzene rings is 2. The predicted octanol–water partition coefficient (Wildman–Crippen LogP) is 5.23. The molecule has 2 aromatic heterocycles. The van der Waals surface area contributed by atoms with Crippen molar-refractivity contribution < 1.29 is 0 Å². The smallest absolute Gasteiger partial charge is 0.101 e. The molecule has 0 bridgehead atoms. The minimum Gasteiger partial charge on any atom is -0.264 e. The Kier molecular flexibility index (Phi) is 4.96. The minimum atomic E-state index is 0.455. The van der Waals surface area contributed by atoms with Crippen LogP contribution in [0.15, 0.2) is 54.7 Å². The summed E-state index contributed by atoms with van der Waals surface area (Å²) in [5, 5.41) is 18.9. The van der Waals surface area contributed by atoms with Crippen LogP contribution in [-0.2, 0) is 6.54 Å². The number of nitriles is 1. The van der Waals surface area contributed by atoms with E-state index in [2.05, 4.69) is 25.0 Å². The Morgan fingerprint density at radius 2 is 1.79 bits per heavy atom. The van der Waals surface area contributed by atoms with Crippen LogP contribution in [0.2, 0.25) is 5.02 Å². The summed E-state index contributed by atoms with van der Waals surface area (Å²) >= 11 is 6.24. The number of hydrogen-bond donors (Lipinski definition) is 0. The second-order valence-electron chi connectivity index (χ2n) is 7.01. The summed E-state index contributed by atoms with van der Waals surface area (Å²) < 4.78 is 3.94. The maximum Gasteiger partial charge on any atom is 0.101 e. The van der Waals surface area contributed by atoms with Crippen molar-refractivity contribution in [2.45, 2.75) is 27.3 Å². The second-order valence-corrected chi connectivity index (χ2v) is 7.42. The van der Waals surface area contributed by atoms with Gasteiger partial charge < -0.3 is 0 Å². The van der Waals surface area contributed by atoms with E-state index in [1.807, 2.05) is 64.9 Å². The summed E-state index contributed by atoms with van der Waals surface area (Å²) in [4.78, 5) is 0. The number of nitrogens with zero attached hydrogens (tertiary/aromatic N) is 5. The summed E-state index contributed by atoms with van der Waals surface area (Å²) in [6.45, 7) is 6.75. The molecule has 0 aliphatic rings. The van der Waals surface area contributed by atoms with Gasteiger partial charge in [0, 0.05) is 22.5 Å². The molecule has 0 unspecified atom stereocenters. The molecule has 0 saturated carbocycles. The van der Waals surface area contributed by atoms with Gasteiger partial charge in [-0.15, -0.1) is 0 Å². The van der Waals surface area contributed by atoms with E-state index in [1.165, 1.54) is 0 Å². The zero-order valence-corrected chi connectivity index (χ0v) is 17.3. The first kappa shape index (κ1) is 19.0. The van der Waals surface area contributed by atoms with Crippen LogP contribution in [0, 0.1) is 32.1 Å². The van der Waals surface area contributed by atoms with Gasteiger partial charge in [0.15, 0.2) is 0 Å². The normalized spacial score (nSPS) is 10.9. The highest BCUT2D eigenvalue weighted by atomic mass is 35.5. The first-order valence-electron chi connectivity index (χ1n) is 9.32. The fourth-order valence-corrected chi connectivity index (χ4v) is 3.84. The number of para-hydroxylation sites is 1. The molecule has 4 rings (SSSR count). The van der Waals surface area contributed by atoms with E-state index < -0.39 is 0 Å². The largest absolute Gasteiger partial charge is 0.264 e. The van der Waals surface area contributed by atoms with Gasteiger partial charge in [-0.1, -0.05) is 35.9 Å². The van der Waals surface area contributed by atoms with Gasteiger partial charge in [-0.25, -0.2) is 4.68 Å². The molecular formula is C23H20ClN5. The maximum absolute atomic E-state index is 9.11.